The van der Waals surface area contributed by atoms with Crippen LogP contribution >= 0.6 is 11.3 Å². The van der Waals surface area contributed by atoms with Gasteiger partial charge in [0.1, 0.15) is 28.3 Å². The van der Waals surface area contributed by atoms with E-state index in [-0.39, 0.29) is 6.10 Å². The Hall–Kier alpha value is -1.75. The van der Waals surface area contributed by atoms with Gasteiger partial charge >= 0.3 is 0 Å². The van der Waals surface area contributed by atoms with Gasteiger partial charge in [0, 0.05) is 23.5 Å². The molecular weight excluding hydrogens is 284 g/mol. The number of fused-ring (bicyclic) bond motifs is 1. The number of benzene rings is 1. The van der Waals surface area contributed by atoms with Gasteiger partial charge in [-0.25, -0.2) is 4.98 Å². The lowest BCUT2D eigenvalue weighted by molar-refractivity contribution is 0.254. The molecule has 0 bridgehead atoms. The largest absolute Gasteiger partial charge is 0.496 e. The van der Waals surface area contributed by atoms with Crippen LogP contribution in [0.2, 0.25) is 0 Å². The summed E-state index contributed by atoms with van der Waals surface area (Å²) in [5.74, 6) is 2.08. The Morgan fingerprint density at radius 3 is 2.81 bits per heavy atom. The third-order valence-corrected chi connectivity index (χ3v) is 4.82. The molecule has 4 nitrogen and oxygen atoms in total. The summed E-state index contributed by atoms with van der Waals surface area (Å²) >= 11 is 1.54. The van der Waals surface area contributed by atoms with E-state index in [0.717, 1.165) is 39.2 Å². The average Bonchev–Trinajstić information content (AvgIpc) is 2.98. The minimum absolute atomic E-state index is 0.207. The quantitative estimate of drug-likeness (QED) is 0.935. The van der Waals surface area contributed by atoms with Gasteiger partial charge in [-0.15, -0.1) is 11.3 Å². The molecule has 1 aromatic carbocycles. The first kappa shape index (κ1) is 14.2. The maximum absolute atomic E-state index is 6.17. The highest BCUT2D eigenvalue weighted by atomic mass is 32.1. The van der Waals surface area contributed by atoms with Gasteiger partial charge in [-0.2, -0.15) is 0 Å². The van der Waals surface area contributed by atoms with E-state index in [1.165, 1.54) is 5.56 Å². The van der Waals surface area contributed by atoms with Gasteiger partial charge in [-0.3, -0.25) is 0 Å². The monoisotopic (exact) mass is 304 g/mol. The van der Waals surface area contributed by atoms with Crippen LogP contribution < -0.4 is 15.2 Å². The Morgan fingerprint density at radius 1 is 1.43 bits per heavy atom. The van der Waals surface area contributed by atoms with Crippen LogP contribution in [0.1, 0.15) is 37.3 Å². The molecule has 1 atom stereocenters. The topological polar surface area (TPSA) is 57.4 Å². The first-order valence-corrected chi connectivity index (χ1v) is 7.95. The van der Waals surface area contributed by atoms with Crippen molar-refractivity contribution in [3.05, 3.63) is 22.7 Å². The molecule has 0 saturated carbocycles. The number of thiazole rings is 1. The van der Waals surface area contributed by atoms with Crippen molar-refractivity contribution in [2.75, 3.05) is 12.8 Å². The number of hydrogen-bond donors (Lipinski definition) is 1. The fraction of sp³-hybridized carbons (Fsp3) is 0.438. The third kappa shape index (κ3) is 2.46. The molecule has 0 saturated heterocycles. The van der Waals surface area contributed by atoms with E-state index >= 15 is 0 Å². The molecule has 1 aromatic heterocycles. The predicted molar refractivity (Wildman–Crippen MR) is 86.4 cm³/mol. The highest BCUT2D eigenvalue weighted by Crippen LogP contribution is 2.43. The summed E-state index contributed by atoms with van der Waals surface area (Å²) in [6, 6.07) is 4.05. The Bertz CT molecular complexity index is 679. The van der Waals surface area contributed by atoms with Crippen LogP contribution in [0.25, 0.3) is 11.3 Å². The SMILES string of the molecule is COc1cc2c(cc1-c1nc(C(C)C)sc1N)OC(C)C2. The van der Waals surface area contributed by atoms with Crippen LogP contribution in [0.4, 0.5) is 5.00 Å². The van der Waals surface area contributed by atoms with Crippen molar-refractivity contribution in [2.45, 2.75) is 39.2 Å². The normalized spacial score (nSPS) is 16.9. The smallest absolute Gasteiger partial charge is 0.128 e. The molecule has 112 valence electrons. The maximum atomic E-state index is 6.17. The Labute approximate surface area is 128 Å². The number of nitrogens with two attached hydrogens (primary N) is 1. The lowest BCUT2D eigenvalue weighted by Gasteiger charge is -2.10. The molecule has 2 aromatic rings. The molecular formula is C16H20N2O2S. The number of methoxy groups -OCH3 is 1. The van der Waals surface area contributed by atoms with Gasteiger partial charge < -0.3 is 15.2 Å². The fourth-order valence-electron chi connectivity index (χ4n) is 2.58. The zero-order valence-corrected chi connectivity index (χ0v) is 13.6. The lowest BCUT2D eigenvalue weighted by atomic mass is 10.0. The number of ether oxygens (including phenoxy) is 2. The predicted octanol–water partition coefficient (Wildman–Crippen LogP) is 3.85. The number of nitrogen functional groups attached to an aromatic ring is 1. The molecule has 5 heteroatoms. The van der Waals surface area contributed by atoms with Gasteiger partial charge in [0.2, 0.25) is 0 Å². The van der Waals surface area contributed by atoms with Crippen molar-refractivity contribution in [2.24, 2.45) is 0 Å². The highest BCUT2D eigenvalue weighted by molar-refractivity contribution is 7.16. The number of rotatable bonds is 3. The molecule has 0 spiro atoms. The second-order valence-corrected chi connectivity index (χ2v) is 6.77. The van der Waals surface area contributed by atoms with Crippen LogP contribution in [0.15, 0.2) is 12.1 Å². The highest BCUT2D eigenvalue weighted by Gasteiger charge is 2.24. The summed E-state index contributed by atoms with van der Waals surface area (Å²) in [5, 5.41) is 1.77. The van der Waals surface area contributed by atoms with Crippen molar-refractivity contribution in [1.82, 2.24) is 4.98 Å². The molecule has 0 fully saturated rings. The van der Waals surface area contributed by atoms with Crippen molar-refractivity contribution < 1.29 is 9.47 Å². The average molecular weight is 304 g/mol. The molecule has 21 heavy (non-hydrogen) atoms. The van der Waals surface area contributed by atoms with Crippen molar-refractivity contribution in [1.29, 1.82) is 0 Å². The first-order chi connectivity index (χ1) is 9.99. The molecule has 1 aliphatic heterocycles. The standard InChI is InChI=1S/C16H20N2O2S/c1-8(2)16-18-14(15(17)21-16)11-7-12-10(5-9(3)20-12)6-13(11)19-4/h6-9H,5,17H2,1-4H3. The molecule has 3 rings (SSSR count). The van der Waals surface area contributed by atoms with Crippen LogP contribution in [-0.4, -0.2) is 18.2 Å². The van der Waals surface area contributed by atoms with E-state index in [1.54, 1.807) is 18.4 Å². The fourth-order valence-corrected chi connectivity index (χ4v) is 3.43. The summed E-state index contributed by atoms with van der Waals surface area (Å²) < 4.78 is 11.4. The van der Waals surface area contributed by atoms with Gasteiger partial charge in [0.15, 0.2) is 0 Å². The van der Waals surface area contributed by atoms with E-state index in [2.05, 4.69) is 20.8 Å². The molecule has 2 N–H and O–H groups in total. The van der Waals surface area contributed by atoms with E-state index in [0.29, 0.717) is 5.92 Å². The first-order valence-electron chi connectivity index (χ1n) is 7.13. The lowest BCUT2D eigenvalue weighted by Crippen LogP contribution is -2.05. The van der Waals surface area contributed by atoms with E-state index in [1.807, 2.05) is 12.1 Å². The van der Waals surface area contributed by atoms with Crippen LogP contribution in [-0.2, 0) is 6.42 Å². The molecule has 0 radical (unpaired) electrons. The van der Waals surface area contributed by atoms with Crippen molar-refractivity contribution in [3.63, 3.8) is 0 Å². The maximum Gasteiger partial charge on any atom is 0.128 e. The zero-order valence-electron chi connectivity index (χ0n) is 12.8. The third-order valence-electron chi connectivity index (χ3n) is 3.64. The number of anilines is 1. The number of hydrogen-bond acceptors (Lipinski definition) is 5. The van der Waals surface area contributed by atoms with Gasteiger partial charge in [0.05, 0.1) is 12.1 Å². The Kier molecular flexibility index (Phi) is 3.53. The van der Waals surface area contributed by atoms with Gasteiger partial charge in [-0.05, 0) is 19.1 Å². The minimum atomic E-state index is 0.207. The molecule has 1 aliphatic rings. The number of aromatic nitrogens is 1. The summed E-state index contributed by atoms with van der Waals surface area (Å²) in [4.78, 5) is 4.69. The van der Waals surface area contributed by atoms with Crippen LogP contribution in [0.5, 0.6) is 11.5 Å². The second-order valence-electron chi connectivity index (χ2n) is 5.71. The summed E-state index contributed by atoms with van der Waals surface area (Å²) in [5.41, 5.74) is 9.05. The summed E-state index contributed by atoms with van der Waals surface area (Å²) in [7, 11) is 1.68. The molecule has 1 unspecified atom stereocenters. The van der Waals surface area contributed by atoms with Crippen molar-refractivity contribution in [3.8, 4) is 22.8 Å². The molecule has 0 amide bonds. The van der Waals surface area contributed by atoms with Gasteiger partial charge in [-0.1, -0.05) is 13.8 Å². The van der Waals surface area contributed by atoms with E-state index in [4.69, 9.17) is 20.2 Å². The summed E-state index contributed by atoms with van der Waals surface area (Å²) in [6.45, 7) is 6.31. The van der Waals surface area contributed by atoms with E-state index in [9.17, 15) is 0 Å². The molecule has 0 aliphatic carbocycles. The van der Waals surface area contributed by atoms with Gasteiger partial charge in [0.25, 0.3) is 0 Å². The van der Waals surface area contributed by atoms with E-state index < -0.39 is 0 Å². The summed E-state index contributed by atoms with van der Waals surface area (Å²) in [6.07, 6.45) is 1.12. The van der Waals surface area contributed by atoms with Crippen LogP contribution in [0, 0.1) is 0 Å². The Morgan fingerprint density at radius 2 is 2.19 bits per heavy atom. The zero-order chi connectivity index (χ0) is 15.1. The van der Waals surface area contributed by atoms with Crippen molar-refractivity contribution >= 4 is 16.3 Å². The number of nitrogens with zero attached hydrogens (tertiary/aromatic N) is 1. The van der Waals surface area contributed by atoms with Crippen LogP contribution in [0.3, 0.4) is 0 Å². The molecule has 2 heterocycles. The minimum Gasteiger partial charge on any atom is -0.496 e. The Balaban J connectivity index is 2.12. The second kappa shape index (κ2) is 5.22.